The second kappa shape index (κ2) is 7.75. The third-order valence-electron chi connectivity index (χ3n) is 4.42. The lowest BCUT2D eigenvalue weighted by Crippen LogP contribution is -2.51. The van der Waals surface area contributed by atoms with Gasteiger partial charge >= 0.3 is 0 Å². The minimum Gasteiger partial charge on any atom is -0.340 e. The van der Waals surface area contributed by atoms with Gasteiger partial charge in [0.1, 0.15) is 0 Å². The van der Waals surface area contributed by atoms with Crippen molar-refractivity contribution in [1.82, 2.24) is 9.80 Å². The Hall–Kier alpha value is -1.39. The Bertz CT molecular complexity index is 466. The highest BCUT2D eigenvalue weighted by Crippen LogP contribution is 2.21. The van der Waals surface area contributed by atoms with E-state index in [0.717, 1.165) is 38.3 Å². The minimum absolute atomic E-state index is 0.181. The van der Waals surface area contributed by atoms with Gasteiger partial charge in [0.2, 0.25) is 5.91 Å². The Morgan fingerprint density at radius 3 is 2.23 bits per heavy atom. The molecule has 0 bridgehead atoms. The molecular formula is C18H29N3O. The molecule has 1 fully saturated rings. The third-order valence-corrected chi connectivity index (χ3v) is 4.42. The summed E-state index contributed by atoms with van der Waals surface area (Å²) in [6, 6.07) is 9.66. The van der Waals surface area contributed by atoms with Crippen molar-refractivity contribution < 1.29 is 4.79 Å². The number of amides is 1. The average molecular weight is 303 g/mol. The molecule has 0 aromatic heterocycles. The summed E-state index contributed by atoms with van der Waals surface area (Å²) in [5, 5.41) is 0. The molecule has 1 aliphatic heterocycles. The van der Waals surface area contributed by atoms with E-state index in [1.165, 1.54) is 0 Å². The highest BCUT2D eigenvalue weighted by atomic mass is 16.2. The lowest BCUT2D eigenvalue weighted by molar-refractivity contribution is -0.137. The number of piperazine rings is 1. The molecule has 2 N–H and O–H groups in total. The largest absolute Gasteiger partial charge is 0.340 e. The van der Waals surface area contributed by atoms with Crippen LogP contribution in [0.25, 0.3) is 0 Å². The smallest absolute Gasteiger partial charge is 0.227 e. The molecule has 2 rings (SSSR count). The number of carbonyl (C=O) groups excluding carboxylic acids is 1. The Balaban J connectivity index is 1.89. The molecule has 1 saturated heterocycles. The maximum absolute atomic E-state index is 12.7. The maximum Gasteiger partial charge on any atom is 0.227 e. The van der Waals surface area contributed by atoms with Gasteiger partial charge < -0.3 is 10.6 Å². The molecular weight excluding hydrogens is 274 g/mol. The maximum atomic E-state index is 12.7. The molecule has 1 aliphatic rings. The summed E-state index contributed by atoms with van der Waals surface area (Å²) in [7, 11) is 0. The van der Waals surface area contributed by atoms with Crippen molar-refractivity contribution in [3.8, 4) is 0 Å². The number of hydrogen-bond acceptors (Lipinski definition) is 3. The van der Waals surface area contributed by atoms with Crippen LogP contribution in [0.1, 0.15) is 32.4 Å². The second-order valence-electron chi connectivity index (χ2n) is 6.74. The Kier molecular flexibility index (Phi) is 5.98. The monoisotopic (exact) mass is 303 g/mol. The van der Waals surface area contributed by atoms with E-state index >= 15 is 0 Å². The van der Waals surface area contributed by atoms with Gasteiger partial charge in [0, 0.05) is 38.8 Å². The number of hydrogen-bond donors (Lipinski definition) is 1. The van der Waals surface area contributed by atoms with Crippen LogP contribution in [-0.2, 0) is 4.79 Å². The van der Waals surface area contributed by atoms with Crippen molar-refractivity contribution in [2.45, 2.75) is 26.8 Å². The van der Waals surface area contributed by atoms with Crippen LogP contribution in [0.3, 0.4) is 0 Å². The predicted octanol–water partition coefficient (Wildman–Crippen LogP) is 2.12. The zero-order valence-corrected chi connectivity index (χ0v) is 14.0. The highest BCUT2D eigenvalue weighted by molar-refractivity contribution is 5.79. The van der Waals surface area contributed by atoms with Crippen LogP contribution in [0, 0.1) is 11.8 Å². The van der Waals surface area contributed by atoms with Gasteiger partial charge in [-0.3, -0.25) is 9.69 Å². The zero-order chi connectivity index (χ0) is 16.1. The number of nitrogens with zero attached hydrogens (tertiary/aromatic N) is 2. The van der Waals surface area contributed by atoms with E-state index in [1.807, 2.05) is 42.2 Å². The molecule has 1 amide bonds. The zero-order valence-electron chi connectivity index (χ0n) is 14.0. The lowest BCUT2D eigenvalue weighted by atomic mass is 9.94. The van der Waals surface area contributed by atoms with Crippen LogP contribution in [-0.4, -0.2) is 48.4 Å². The quantitative estimate of drug-likeness (QED) is 0.906. The number of benzene rings is 1. The molecule has 0 saturated carbocycles. The van der Waals surface area contributed by atoms with E-state index in [1.54, 1.807) is 0 Å². The SMILES string of the molecule is CC(C)CN1CCN(C(=O)C(C)C(N)c2ccccc2)CC1. The fourth-order valence-electron chi connectivity index (χ4n) is 3.07. The number of rotatable bonds is 5. The van der Waals surface area contributed by atoms with E-state index in [0.29, 0.717) is 5.92 Å². The summed E-state index contributed by atoms with van der Waals surface area (Å²) in [6.45, 7) is 11.1. The van der Waals surface area contributed by atoms with Crippen molar-refractivity contribution in [3.05, 3.63) is 35.9 Å². The summed E-state index contributed by atoms with van der Waals surface area (Å²) in [5.74, 6) is 0.673. The summed E-state index contributed by atoms with van der Waals surface area (Å²) in [6.07, 6.45) is 0. The van der Waals surface area contributed by atoms with E-state index in [2.05, 4.69) is 18.7 Å². The molecule has 122 valence electrons. The standard InChI is InChI=1S/C18H29N3O/c1-14(2)13-20-9-11-21(12-10-20)18(22)15(3)17(19)16-7-5-4-6-8-16/h4-8,14-15,17H,9-13,19H2,1-3H3. The van der Waals surface area contributed by atoms with Gasteiger partial charge in [0.15, 0.2) is 0 Å². The van der Waals surface area contributed by atoms with Crippen LogP contribution in [0.4, 0.5) is 0 Å². The Morgan fingerprint density at radius 1 is 1.09 bits per heavy atom. The third kappa shape index (κ3) is 4.31. The van der Waals surface area contributed by atoms with Gasteiger partial charge in [-0.25, -0.2) is 0 Å². The van der Waals surface area contributed by atoms with Gasteiger partial charge in [-0.05, 0) is 11.5 Å². The fourth-order valence-corrected chi connectivity index (χ4v) is 3.07. The highest BCUT2D eigenvalue weighted by Gasteiger charge is 2.29. The van der Waals surface area contributed by atoms with E-state index in [4.69, 9.17) is 5.73 Å². The van der Waals surface area contributed by atoms with Crippen LogP contribution < -0.4 is 5.73 Å². The fraction of sp³-hybridized carbons (Fsp3) is 0.611. The van der Waals surface area contributed by atoms with Crippen molar-refractivity contribution in [2.75, 3.05) is 32.7 Å². The van der Waals surface area contributed by atoms with Crippen LogP contribution in [0.5, 0.6) is 0 Å². The first-order chi connectivity index (χ1) is 10.5. The lowest BCUT2D eigenvalue weighted by Gasteiger charge is -2.37. The first-order valence-electron chi connectivity index (χ1n) is 8.30. The minimum atomic E-state index is -0.234. The molecule has 2 unspecified atom stereocenters. The second-order valence-corrected chi connectivity index (χ2v) is 6.74. The van der Waals surface area contributed by atoms with Gasteiger partial charge in [0.05, 0.1) is 5.92 Å². The van der Waals surface area contributed by atoms with Gasteiger partial charge in [0.25, 0.3) is 0 Å². The van der Waals surface area contributed by atoms with Gasteiger partial charge in [-0.15, -0.1) is 0 Å². The Morgan fingerprint density at radius 2 is 1.68 bits per heavy atom. The molecule has 22 heavy (non-hydrogen) atoms. The summed E-state index contributed by atoms with van der Waals surface area (Å²) in [4.78, 5) is 17.1. The molecule has 0 aliphatic carbocycles. The molecule has 2 atom stereocenters. The van der Waals surface area contributed by atoms with Crippen molar-refractivity contribution in [2.24, 2.45) is 17.6 Å². The summed E-state index contributed by atoms with van der Waals surface area (Å²) < 4.78 is 0. The first kappa shape index (κ1) is 17.0. The van der Waals surface area contributed by atoms with Gasteiger partial charge in [-0.1, -0.05) is 51.1 Å². The normalized spacial score (nSPS) is 19.2. The number of nitrogens with two attached hydrogens (primary N) is 1. The van der Waals surface area contributed by atoms with Crippen LogP contribution in [0.2, 0.25) is 0 Å². The first-order valence-corrected chi connectivity index (χ1v) is 8.30. The molecule has 1 aromatic carbocycles. The molecule has 1 aromatic rings. The summed E-state index contributed by atoms with van der Waals surface area (Å²) in [5.41, 5.74) is 7.31. The van der Waals surface area contributed by atoms with Crippen molar-refractivity contribution in [3.63, 3.8) is 0 Å². The molecule has 4 nitrogen and oxygen atoms in total. The van der Waals surface area contributed by atoms with Crippen molar-refractivity contribution >= 4 is 5.91 Å². The van der Waals surface area contributed by atoms with E-state index in [9.17, 15) is 4.79 Å². The van der Waals surface area contributed by atoms with Gasteiger partial charge in [-0.2, -0.15) is 0 Å². The molecule has 4 heteroatoms. The Labute approximate surface area is 134 Å². The van der Waals surface area contributed by atoms with E-state index in [-0.39, 0.29) is 17.9 Å². The topological polar surface area (TPSA) is 49.6 Å². The molecule has 0 radical (unpaired) electrons. The van der Waals surface area contributed by atoms with Crippen LogP contribution >= 0.6 is 0 Å². The average Bonchev–Trinajstić information content (AvgIpc) is 2.54. The van der Waals surface area contributed by atoms with Crippen molar-refractivity contribution in [1.29, 1.82) is 0 Å². The number of carbonyl (C=O) groups is 1. The molecule has 0 spiro atoms. The summed E-state index contributed by atoms with van der Waals surface area (Å²) >= 11 is 0. The van der Waals surface area contributed by atoms with E-state index < -0.39 is 0 Å². The molecule has 1 heterocycles. The predicted molar refractivity (Wildman–Crippen MR) is 90.4 cm³/mol. The van der Waals surface area contributed by atoms with Crippen LogP contribution in [0.15, 0.2) is 30.3 Å².